The first-order chi connectivity index (χ1) is 12.5. The van der Waals surface area contributed by atoms with Gasteiger partial charge in [0.1, 0.15) is 12.4 Å². The molecular formula is C18H22N4O4. The molecule has 0 spiro atoms. The van der Waals surface area contributed by atoms with E-state index in [2.05, 4.69) is 15.8 Å². The van der Waals surface area contributed by atoms with Crippen molar-refractivity contribution in [2.75, 3.05) is 26.2 Å². The Kier molecular flexibility index (Phi) is 5.40. The van der Waals surface area contributed by atoms with Crippen LogP contribution in [-0.2, 0) is 6.61 Å². The van der Waals surface area contributed by atoms with Gasteiger partial charge >= 0.3 is 6.03 Å². The lowest BCUT2D eigenvalue weighted by Gasteiger charge is -2.13. The Bertz CT molecular complexity index is 782. The molecule has 3 rings (SSSR count). The normalized spacial score (nSPS) is 13.6. The molecular weight excluding hydrogens is 336 g/mol. The molecule has 2 N–H and O–H groups in total. The van der Waals surface area contributed by atoms with E-state index in [0.717, 1.165) is 16.9 Å². The number of hydrogen-bond donors (Lipinski definition) is 2. The number of carbonyl (C=O) groups is 2. The van der Waals surface area contributed by atoms with Crippen LogP contribution in [-0.4, -0.2) is 48.2 Å². The summed E-state index contributed by atoms with van der Waals surface area (Å²) in [5, 5.41) is 9.22. The number of carbonyl (C=O) groups excluding carboxylic acids is 2. The van der Waals surface area contributed by atoms with Gasteiger partial charge in [0.25, 0.3) is 5.91 Å². The Morgan fingerprint density at radius 3 is 2.85 bits per heavy atom. The highest BCUT2D eigenvalue weighted by molar-refractivity contribution is 5.92. The summed E-state index contributed by atoms with van der Waals surface area (Å²) in [5.41, 5.74) is 2.26. The average molecular weight is 358 g/mol. The zero-order valence-corrected chi connectivity index (χ0v) is 14.9. The highest BCUT2D eigenvalue weighted by Crippen LogP contribution is 2.23. The van der Waals surface area contributed by atoms with Gasteiger partial charge in [0.05, 0.1) is 0 Å². The van der Waals surface area contributed by atoms with Crippen LogP contribution in [0.4, 0.5) is 4.79 Å². The second kappa shape index (κ2) is 7.90. The van der Waals surface area contributed by atoms with Crippen molar-refractivity contribution in [2.24, 2.45) is 0 Å². The maximum Gasteiger partial charge on any atom is 0.317 e. The molecule has 26 heavy (non-hydrogen) atoms. The van der Waals surface area contributed by atoms with Crippen LogP contribution in [0.25, 0.3) is 0 Å². The fourth-order valence-corrected chi connectivity index (χ4v) is 2.78. The van der Waals surface area contributed by atoms with Crippen LogP contribution < -0.4 is 15.4 Å². The molecule has 1 aliphatic rings. The van der Waals surface area contributed by atoms with Crippen molar-refractivity contribution in [3.8, 4) is 5.75 Å². The molecule has 2 aromatic rings. The second-order valence-corrected chi connectivity index (χ2v) is 6.16. The summed E-state index contributed by atoms with van der Waals surface area (Å²) in [5.74, 6) is 0.933. The number of rotatable bonds is 7. The lowest BCUT2D eigenvalue weighted by Crippen LogP contribution is -2.36. The van der Waals surface area contributed by atoms with Crippen molar-refractivity contribution in [3.05, 3.63) is 46.8 Å². The molecule has 0 saturated carbocycles. The van der Waals surface area contributed by atoms with Gasteiger partial charge in [-0.25, -0.2) is 4.79 Å². The number of urea groups is 1. The van der Waals surface area contributed by atoms with Crippen molar-refractivity contribution in [2.45, 2.75) is 20.5 Å². The van der Waals surface area contributed by atoms with Gasteiger partial charge in [-0.1, -0.05) is 23.4 Å². The standard InChI is InChI=1S/C18H22N4O4/c1-12-4-3-5-13(2)16(12)25-11-14-10-15(21-26-14)17(23)19-6-8-22-9-7-20-18(22)24/h3-5,10H,6-9,11H2,1-2H3,(H,19,23)(H,20,24). The Morgan fingerprint density at radius 2 is 2.15 bits per heavy atom. The molecule has 8 heteroatoms. The Balaban J connectivity index is 1.49. The number of hydrogen-bond acceptors (Lipinski definition) is 5. The Morgan fingerprint density at radius 1 is 1.38 bits per heavy atom. The van der Waals surface area contributed by atoms with Crippen molar-refractivity contribution < 1.29 is 18.8 Å². The number of nitrogens with one attached hydrogen (secondary N) is 2. The van der Waals surface area contributed by atoms with Crippen LogP contribution in [0.1, 0.15) is 27.4 Å². The van der Waals surface area contributed by atoms with E-state index in [-0.39, 0.29) is 24.2 Å². The maximum atomic E-state index is 12.1. The number of aryl methyl sites for hydroxylation is 2. The molecule has 1 aliphatic heterocycles. The molecule has 1 saturated heterocycles. The molecule has 138 valence electrons. The minimum absolute atomic E-state index is 0.105. The summed E-state index contributed by atoms with van der Waals surface area (Å²) in [4.78, 5) is 25.2. The first-order valence-corrected chi connectivity index (χ1v) is 8.50. The van der Waals surface area contributed by atoms with E-state index in [4.69, 9.17) is 9.26 Å². The molecule has 1 aromatic heterocycles. The molecule has 2 heterocycles. The average Bonchev–Trinajstić information content (AvgIpc) is 3.24. The summed E-state index contributed by atoms with van der Waals surface area (Å²) in [6.07, 6.45) is 0. The highest BCUT2D eigenvalue weighted by Gasteiger charge is 2.19. The largest absolute Gasteiger partial charge is 0.485 e. The number of aromatic nitrogens is 1. The number of para-hydroxylation sites is 1. The molecule has 0 unspecified atom stereocenters. The highest BCUT2D eigenvalue weighted by atomic mass is 16.5. The third kappa shape index (κ3) is 4.14. The Hall–Kier alpha value is -3.03. The smallest absolute Gasteiger partial charge is 0.317 e. The fourth-order valence-electron chi connectivity index (χ4n) is 2.78. The minimum atomic E-state index is -0.341. The lowest BCUT2D eigenvalue weighted by molar-refractivity contribution is 0.0941. The fraction of sp³-hybridized carbons (Fsp3) is 0.389. The van der Waals surface area contributed by atoms with Crippen LogP contribution in [0.5, 0.6) is 5.75 Å². The predicted molar refractivity (Wildman–Crippen MR) is 94.1 cm³/mol. The van der Waals surface area contributed by atoms with E-state index >= 15 is 0 Å². The SMILES string of the molecule is Cc1cccc(C)c1OCc1cc(C(=O)NCCN2CCNC2=O)no1. The van der Waals surface area contributed by atoms with Gasteiger partial charge < -0.3 is 24.8 Å². The van der Waals surface area contributed by atoms with Crippen molar-refractivity contribution in [3.63, 3.8) is 0 Å². The van der Waals surface area contributed by atoms with Gasteiger partial charge in [-0.2, -0.15) is 0 Å². The Labute approximate surface area is 151 Å². The number of amides is 3. The molecule has 0 bridgehead atoms. The van der Waals surface area contributed by atoms with Crippen LogP contribution in [0.15, 0.2) is 28.8 Å². The molecule has 0 atom stereocenters. The molecule has 0 aliphatic carbocycles. The van der Waals surface area contributed by atoms with Gasteiger partial charge in [0.15, 0.2) is 11.5 Å². The zero-order chi connectivity index (χ0) is 18.5. The van der Waals surface area contributed by atoms with E-state index in [9.17, 15) is 9.59 Å². The number of ether oxygens (including phenoxy) is 1. The van der Waals surface area contributed by atoms with Gasteiger partial charge in [0, 0.05) is 32.2 Å². The topological polar surface area (TPSA) is 96.7 Å². The van der Waals surface area contributed by atoms with E-state index in [0.29, 0.717) is 31.9 Å². The van der Waals surface area contributed by atoms with E-state index in [1.54, 1.807) is 11.0 Å². The lowest BCUT2D eigenvalue weighted by atomic mass is 10.1. The minimum Gasteiger partial charge on any atom is -0.485 e. The van der Waals surface area contributed by atoms with Crippen molar-refractivity contribution in [1.29, 1.82) is 0 Å². The number of nitrogens with zero attached hydrogens (tertiary/aromatic N) is 2. The first kappa shape index (κ1) is 17.8. The first-order valence-electron chi connectivity index (χ1n) is 8.50. The monoisotopic (exact) mass is 358 g/mol. The van der Waals surface area contributed by atoms with Gasteiger partial charge in [-0.05, 0) is 25.0 Å². The van der Waals surface area contributed by atoms with Crippen LogP contribution in [0.2, 0.25) is 0 Å². The predicted octanol–water partition coefficient (Wildman–Crippen LogP) is 1.63. The van der Waals surface area contributed by atoms with Crippen molar-refractivity contribution >= 4 is 11.9 Å². The van der Waals surface area contributed by atoms with Gasteiger partial charge in [-0.3, -0.25) is 4.79 Å². The molecule has 3 amide bonds. The zero-order valence-electron chi connectivity index (χ0n) is 14.9. The summed E-state index contributed by atoms with van der Waals surface area (Å²) in [7, 11) is 0. The van der Waals surface area contributed by atoms with Crippen molar-refractivity contribution in [1.82, 2.24) is 20.7 Å². The molecule has 0 radical (unpaired) electrons. The molecule has 1 fully saturated rings. The van der Waals surface area contributed by atoms with Gasteiger partial charge in [-0.15, -0.1) is 0 Å². The summed E-state index contributed by atoms with van der Waals surface area (Å²) in [6, 6.07) is 7.38. The summed E-state index contributed by atoms with van der Waals surface area (Å²) >= 11 is 0. The summed E-state index contributed by atoms with van der Waals surface area (Å²) < 4.78 is 11.0. The third-order valence-corrected chi connectivity index (χ3v) is 4.17. The molecule has 1 aromatic carbocycles. The third-order valence-electron chi connectivity index (χ3n) is 4.17. The maximum absolute atomic E-state index is 12.1. The van der Waals surface area contributed by atoms with E-state index in [1.165, 1.54) is 0 Å². The number of benzene rings is 1. The second-order valence-electron chi connectivity index (χ2n) is 6.16. The van der Waals surface area contributed by atoms with E-state index < -0.39 is 0 Å². The van der Waals surface area contributed by atoms with Crippen LogP contribution in [0, 0.1) is 13.8 Å². The summed E-state index contributed by atoms with van der Waals surface area (Å²) in [6.45, 7) is 6.24. The quantitative estimate of drug-likeness (QED) is 0.784. The molecule has 8 nitrogen and oxygen atoms in total. The van der Waals surface area contributed by atoms with Crippen LogP contribution in [0.3, 0.4) is 0 Å². The van der Waals surface area contributed by atoms with Crippen LogP contribution >= 0.6 is 0 Å². The van der Waals surface area contributed by atoms with Gasteiger partial charge in [0.2, 0.25) is 0 Å². The van der Waals surface area contributed by atoms with E-state index in [1.807, 2.05) is 32.0 Å².